The molecule has 1 aliphatic heterocycles. The first-order valence-electron chi connectivity index (χ1n) is 7.40. The van der Waals surface area contributed by atoms with Crippen LogP contribution in [0.4, 0.5) is 0 Å². The van der Waals surface area contributed by atoms with E-state index in [-0.39, 0.29) is 11.6 Å². The molecule has 2 atom stereocenters. The first-order valence-corrected chi connectivity index (χ1v) is 7.40. The Bertz CT molecular complexity index is 442. The van der Waals surface area contributed by atoms with Crippen molar-refractivity contribution in [1.29, 1.82) is 0 Å². The second-order valence-corrected chi connectivity index (χ2v) is 6.14. The molecule has 2 unspecified atom stereocenters. The van der Waals surface area contributed by atoms with Gasteiger partial charge in [0.05, 0.1) is 5.60 Å². The summed E-state index contributed by atoms with van der Waals surface area (Å²) < 4.78 is 6.02. The lowest BCUT2D eigenvalue weighted by molar-refractivity contribution is -0.147. The fourth-order valence-corrected chi connectivity index (χ4v) is 3.69. The van der Waals surface area contributed by atoms with Gasteiger partial charge in [-0.3, -0.25) is 11.3 Å². The Morgan fingerprint density at radius 1 is 1.37 bits per heavy atom. The molecule has 1 heterocycles. The minimum absolute atomic E-state index is 0.181. The zero-order valence-corrected chi connectivity index (χ0v) is 11.7. The topological polar surface area (TPSA) is 47.3 Å². The number of nitrogens with one attached hydrogen (secondary N) is 1. The summed E-state index contributed by atoms with van der Waals surface area (Å²) in [5, 5.41) is 0. The van der Waals surface area contributed by atoms with Gasteiger partial charge in [-0.25, -0.2) is 0 Å². The predicted molar refractivity (Wildman–Crippen MR) is 76.5 cm³/mol. The molecule has 1 spiro atoms. The van der Waals surface area contributed by atoms with Crippen LogP contribution < -0.4 is 11.3 Å². The summed E-state index contributed by atoms with van der Waals surface area (Å²) in [5.41, 5.74) is 5.90. The highest BCUT2D eigenvalue weighted by Crippen LogP contribution is 2.47. The van der Waals surface area contributed by atoms with Crippen molar-refractivity contribution < 1.29 is 4.74 Å². The number of ether oxygens (including phenoxy) is 1. The molecular weight excluding hydrogens is 236 g/mol. The van der Waals surface area contributed by atoms with Crippen molar-refractivity contribution in [2.45, 2.75) is 50.7 Å². The van der Waals surface area contributed by atoms with Gasteiger partial charge in [-0.05, 0) is 56.1 Å². The van der Waals surface area contributed by atoms with E-state index < -0.39 is 0 Å². The summed E-state index contributed by atoms with van der Waals surface area (Å²) in [6.07, 6.45) is 6.03. The summed E-state index contributed by atoms with van der Waals surface area (Å²) in [7, 11) is 0. The Morgan fingerprint density at radius 3 is 2.79 bits per heavy atom. The molecule has 2 fully saturated rings. The molecule has 1 aromatic rings. The average molecular weight is 260 g/mol. The van der Waals surface area contributed by atoms with Crippen LogP contribution in [0.15, 0.2) is 24.3 Å². The Balaban J connectivity index is 1.80. The number of aryl methyl sites for hydroxylation is 1. The molecule has 1 aliphatic carbocycles. The summed E-state index contributed by atoms with van der Waals surface area (Å²) in [6, 6.07) is 8.80. The molecule has 19 heavy (non-hydrogen) atoms. The predicted octanol–water partition coefficient (Wildman–Crippen LogP) is 2.85. The van der Waals surface area contributed by atoms with Gasteiger partial charge < -0.3 is 4.74 Å². The van der Waals surface area contributed by atoms with E-state index in [2.05, 4.69) is 36.6 Å². The Kier molecular flexibility index (Phi) is 3.61. The van der Waals surface area contributed by atoms with Crippen molar-refractivity contribution in [1.82, 2.24) is 5.43 Å². The lowest BCUT2D eigenvalue weighted by Gasteiger charge is -2.48. The van der Waals surface area contributed by atoms with Crippen LogP contribution in [0.2, 0.25) is 0 Å². The van der Waals surface area contributed by atoms with Crippen LogP contribution in [-0.4, -0.2) is 12.2 Å². The lowest BCUT2D eigenvalue weighted by Crippen LogP contribution is -2.48. The lowest BCUT2D eigenvalue weighted by atomic mass is 9.69. The van der Waals surface area contributed by atoms with Crippen molar-refractivity contribution in [3.8, 4) is 0 Å². The van der Waals surface area contributed by atoms with Gasteiger partial charge >= 0.3 is 0 Å². The van der Waals surface area contributed by atoms with Crippen LogP contribution in [0.1, 0.15) is 49.3 Å². The normalized spacial score (nSPS) is 26.9. The van der Waals surface area contributed by atoms with Crippen molar-refractivity contribution in [3.05, 3.63) is 35.4 Å². The van der Waals surface area contributed by atoms with E-state index >= 15 is 0 Å². The molecule has 0 aromatic heterocycles. The summed E-state index contributed by atoms with van der Waals surface area (Å²) >= 11 is 0. The third kappa shape index (κ3) is 2.42. The van der Waals surface area contributed by atoms with Gasteiger partial charge in [-0.15, -0.1) is 0 Å². The van der Waals surface area contributed by atoms with Gasteiger partial charge in [-0.2, -0.15) is 0 Å². The zero-order chi connectivity index (χ0) is 13.3. The van der Waals surface area contributed by atoms with Crippen LogP contribution >= 0.6 is 0 Å². The van der Waals surface area contributed by atoms with Gasteiger partial charge in [0.1, 0.15) is 0 Å². The molecule has 3 heteroatoms. The molecule has 2 aliphatic rings. The molecule has 104 valence electrons. The first-order chi connectivity index (χ1) is 9.24. The quantitative estimate of drug-likeness (QED) is 0.649. The smallest absolute Gasteiger partial charge is 0.0686 e. The molecule has 3 rings (SSSR count). The molecule has 1 saturated heterocycles. The molecule has 3 N–H and O–H groups in total. The van der Waals surface area contributed by atoms with Crippen LogP contribution in [0.3, 0.4) is 0 Å². The van der Waals surface area contributed by atoms with E-state index in [4.69, 9.17) is 10.6 Å². The first kappa shape index (κ1) is 13.1. The van der Waals surface area contributed by atoms with Crippen LogP contribution in [0, 0.1) is 12.8 Å². The van der Waals surface area contributed by atoms with Gasteiger partial charge in [0.2, 0.25) is 0 Å². The van der Waals surface area contributed by atoms with Gasteiger partial charge in [0.25, 0.3) is 0 Å². The summed E-state index contributed by atoms with van der Waals surface area (Å²) in [4.78, 5) is 0. The highest BCUT2D eigenvalue weighted by Gasteiger charge is 2.44. The highest BCUT2D eigenvalue weighted by molar-refractivity contribution is 5.29. The van der Waals surface area contributed by atoms with Crippen LogP contribution in [0.25, 0.3) is 0 Å². The maximum atomic E-state index is 6.02. The third-order valence-electron chi connectivity index (χ3n) is 4.97. The second-order valence-electron chi connectivity index (χ2n) is 6.14. The minimum Gasteiger partial charge on any atom is -0.375 e. The SMILES string of the molecule is Cc1ccccc1C(NN)C1CCOC2(CCC2)C1. The molecule has 3 nitrogen and oxygen atoms in total. The Hall–Kier alpha value is -0.900. The molecule has 0 bridgehead atoms. The van der Waals surface area contributed by atoms with Gasteiger partial charge in [0.15, 0.2) is 0 Å². The van der Waals surface area contributed by atoms with E-state index in [1.165, 1.54) is 30.4 Å². The molecule has 0 radical (unpaired) electrons. The Morgan fingerprint density at radius 2 is 2.16 bits per heavy atom. The fraction of sp³-hybridized carbons (Fsp3) is 0.625. The highest BCUT2D eigenvalue weighted by atomic mass is 16.5. The summed E-state index contributed by atoms with van der Waals surface area (Å²) in [5.74, 6) is 6.45. The monoisotopic (exact) mass is 260 g/mol. The largest absolute Gasteiger partial charge is 0.375 e. The van der Waals surface area contributed by atoms with Crippen LogP contribution in [0.5, 0.6) is 0 Å². The number of benzene rings is 1. The van der Waals surface area contributed by atoms with E-state index in [0.29, 0.717) is 5.92 Å². The van der Waals surface area contributed by atoms with E-state index in [0.717, 1.165) is 19.4 Å². The van der Waals surface area contributed by atoms with Crippen molar-refractivity contribution >= 4 is 0 Å². The van der Waals surface area contributed by atoms with Crippen molar-refractivity contribution in [3.63, 3.8) is 0 Å². The number of hydrazine groups is 1. The molecular formula is C16H24N2O. The molecule has 1 aromatic carbocycles. The number of hydrogen-bond acceptors (Lipinski definition) is 3. The maximum Gasteiger partial charge on any atom is 0.0686 e. The zero-order valence-electron chi connectivity index (χ0n) is 11.7. The van der Waals surface area contributed by atoms with Gasteiger partial charge in [-0.1, -0.05) is 24.3 Å². The number of nitrogens with two attached hydrogens (primary N) is 1. The van der Waals surface area contributed by atoms with E-state index in [9.17, 15) is 0 Å². The fourth-order valence-electron chi connectivity index (χ4n) is 3.69. The number of hydrogen-bond donors (Lipinski definition) is 2. The minimum atomic E-state index is 0.181. The molecule has 0 amide bonds. The number of rotatable bonds is 3. The van der Waals surface area contributed by atoms with E-state index in [1.54, 1.807) is 0 Å². The van der Waals surface area contributed by atoms with Crippen LogP contribution in [-0.2, 0) is 4.74 Å². The van der Waals surface area contributed by atoms with Crippen molar-refractivity contribution in [2.24, 2.45) is 11.8 Å². The standard InChI is InChI=1S/C16H24N2O/c1-12-5-2-3-6-14(12)15(18-17)13-7-10-19-16(11-13)8-4-9-16/h2-3,5-6,13,15,18H,4,7-11,17H2,1H3. The third-order valence-corrected chi connectivity index (χ3v) is 4.97. The average Bonchev–Trinajstić information content (AvgIpc) is 2.40. The Labute approximate surface area is 115 Å². The van der Waals surface area contributed by atoms with Gasteiger partial charge in [0, 0.05) is 12.6 Å². The van der Waals surface area contributed by atoms with E-state index in [1.807, 2.05) is 0 Å². The maximum absolute atomic E-state index is 6.02. The second kappa shape index (κ2) is 5.23. The van der Waals surface area contributed by atoms with Crippen molar-refractivity contribution in [2.75, 3.05) is 6.61 Å². The molecule has 1 saturated carbocycles. The summed E-state index contributed by atoms with van der Waals surface area (Å²) in [6.45, 7) is 3.05.